The van der Waals surface area contributed by atoms with Crippen LogP contribution in [0.5, 0.6) is 0 Å². The first-order chi connectivity index (χ1) is 6.34. The van der Waals surface area contributed by atoms with Crippen molar-refractivity contribution in [3.8, 4) is 0 Å². The second-order valence-electron chi connectivity index (χ2n) is 3.59. The molecule has 3 unspecified atom stereocenters. The van der Waals surface area contributed by atoms with Crippen molar-refractivity contribution in [2.24, 2.45) is 0 Å². The van der Waals surface area contributed by atoms with Crippen LogP contribution in [0.3, 0.4) is 0 Å². The largest absolute Gasteiger partial charge is 0.160 e. The fraction of sp³-hybridized carbons (Fsp3) is 1.00. The zero-order chi connectivity index (χ0) is 9.10. The van der Waals surface area contributed by atoms with E-state index in [-0.39, 0.29) is 0 Å². The average Bonchev–Trinajstić information content (AvgIpc) is 2.97. The van der Waals surface area contributed by atoms with Gasteiger partial charge in [0.25, 0.3) is 0 Å². The third-order valence-electron chi connectivity index (χ3n) is 2.03. The molecule has 2 aliphatic rings. The van der Waals surface area contributed by atoms with Crippen molar-refractivity contribution >= 4 is 47.0 Å². The molecule has 13 heavy (non-hydrogen) atoms. The Morgan fingerprint density at radius 3 is 2.46 bits per heavy atom. The number of thioether (sulfide) groups is 4. The lowest BCUT2D eigenvalue weighted by Gasteiger charge is -2.09. The predicted molar refractivity (Wildman–Crippen MR) is 71.7 cm³/mol. The SMILES string of the molecule is CC(CSCC1CS1)SCC1CS1. The lowest BCUT2D eigenvalue weighted by molar-refractivity contribution is 1.11. The molecule has 2 saturated heterocycles. The minimum absolute atomic E-state index is 0.870. The standard InChI is InChI=1S/C9H16S4/c1-7(11-4-9-6-13-9)2-10-3-8-5-12-8/h7-9H,2-6H2,1H3. The second-order valence-corrected chi connectivity index (χ2v) is 8.81. The molecule has 3 atom stereocenters. The first-order valence-electron chi connectivity index (χ1n) is 4.77. The monoisotopic (exact) mass is 252 g/mol. The normalized spacial score (nSPS) is 33.0. The van der Waals surface area contributed by atoms with Gasteiger partial charge in [0.15, 0.2) is 0 Å². The van der Waals surface area contributed by atoms with Gasteiger partial charge in [0.05, 0.1) is 0 Å². The Morgan fingerprint density at radius 2 is 1.85 bits per heavy atom. The summed E-state index contributed by atoms with van der Waals surface area (Å²) < 4.78 is 0. The molecule has 0 amide bonds. The molecule has 0 nitrogen and oxygen atoms in total. The molecule has 0 spiro atoms. The summed E-state index contributed by atoms with van der Waals surface area (Å²) >= 11 is 8.56. The molecule has 2 fully saturated rings. The van der Waals surface area contributed by atoms with Crippen LogP contribution in [0.15, 0.2) is 0 Å². The Labute approximate surface area is 98.1 Å². The Balaban J connectivity index is 1.42. The molecular formula is C9H16S4. The van der Waals surface area contributed by atoms with Crippen LogP contribution in [0.25, 0.3) is 0 Å². The summed E-state index contributed by atoms with van der Waals surface area (Å²) in [6.07, 6.45) is 0. The Kier molecular flexibility index (Phi) is 4.59. The Bertz CT molecular complexity index is 154. The molecule has 4 heteroatoms. The van der Waals surface area contributed by atoms with Gasteiger partial charge in [-0.15, -0.1) is 0 Å². The molecule has 0 N–H and O–H groups in total. The summed E-state index contributed by atoms with van der Waals surface area (Å²) in [5.74, 6) is 7.00. The van der Waals surface area contributed by atoms with E-state index in [0.29, 0.717) is 0 Å². The number of hydrogen-bond donors (Lipinski definition) is 0. The molecule has 2 aliphatic heterocycles. The average molecular weight is 252 g/mol. The van der Waals surface area contributed by atoms with Gasteiger partial charge in [-0.05, 0) is 0 Å². The van der Waals surface area contributed by atoms with Crippen LogP contribution in [-0.2, 0) is 0 Å². The van der Waals surface area contributed by atoms with Crippen LogP contribution in [0, 0.1) is 0 Å². The van der Waals surface area contributed by atoms with Crippen molar-refractivity contribution in [1.82, 2.24) is 0 Å². The molecule has 0 saturated carbocycles. The van der Waals surface area contributed by atoms with E-state index in [4.69, 9.17) is 0 Å². The van der Waals surface area contributed by atoms with E-state index >= 15 is 0 Å². The quantitative estimate of drug-likeness (QED) is 0.638. The van der Waals surface area contributed by atoms with Crippen molar-refractivity contribution in [1.29, 1.82) is 0 Å². The van der Waals surface area contributed by atoms with E-state index in [9.17, 15) is 0 Å². The molecule has 0 aromatic rings. The maximum absolute atomic E-state index is 2.38. The summed E-state index contributed by atoms with van der Waals surface area (Å²) in [6.45, 7) is 2.38. The lowest BCUT2D eigenvalue weighted by atomic mass is 10.5. The fourth-order valence-corrected chi connectivity index (χ4v) is 5.30. The van der Waals surface area contributed by atoms with Crippen molar-refractivity contribution in [3.05, 3.63) is 0 Å². The smallest absolute Gasteiger partial charge is 0.0229 e. The summed E-state index contributed by atoms with van der Waals surface area (Å²) in [6, 6.07) is 0. The molecule has 0 aliphatic carbocycles. The molecule has 0 aromatic carbocycles. The topological polar surface area (TPSA) is 0 Å². The molecule has 2 heterocycles. The van der Waals surface area contributed by atoms with Crippen LogP contribution in [-0.4, -0.2) is 44.5 Å². The molecule has 76 valence electrons. The van der Waals surface area contributed by atoms with Crippen molar-refractivity contribution in [2.75, 3.05) is 28.8 Å². The highest BCUT2D eigenvalue weighted by Crippen LogP contribution is 2.36. The lowest BCUT2D eigenvalue weighted by Crippen LogP contribution is -2.04. The van der Waals surface area contributed by atoms with Gasteiger partial charge in [-0.1, -0.05) is 6.92 Å². The van der Waals surface area contributed by atoms with Crippen LogP contribution in [0.2, 0.25) is 0 Å². The molecule has 2 rings (SSSR count). The number of hydrogen-bond acceptors (Lipinski definition) is 4. The van der Waals surface area contributed by atoms with E-state index in [1.54, 1.807) is 0 Å². The first-order valence-corrected chi connectivity index (χ1v) is 9.07. The van der Waals surface area contributed by atoms with Gasteiger partial charge in [0, 0.05) is 44.5 Å². The minimum Gasteiger partial charge on any atom is -0.160 e. The minimum atomic E-state index is 0.870. The highest BCUT2D eigenvalue weighted by molar-refractivity contribution is 8.10. The van der Waals surface area contributed by atoms with Crippen molar-refractivity contribution in [2.45, 2.75) is 22.7 Å². The third-order valence-corrected chi connectivity index (χ3v) is 7.31. The van der Waals surface area contributed by atoms with Crippen molar-refractivity contribution in [3.63, 3.8) is 0 Å². The number of rotatable bonds is 7. The molecular weight excluding hydrogens is 236 g/mol. The molecule has 0 aromatic heterocycles. The van der Waals surface area contributed by atoms with Gasteiger partial charge in [-0.3, -0.25) is 0 Å². The zero-order valence-electron chi connectivity index (χ0n) is 7.90. The van der Waals surface area contributed by atoms with E-state index < -0.39 is 0 Å². The van der Waals surface area contributed by atoms with Gasteiger partial charge in [-0.2, -0.15) is 47.0 Å². The Morgan fingerprint density at radius 1 is 1.23 bits per heavy atom. The molecule has 0 bridgehead atoms. The van der Waals surface area contributed by atoms with Gasteiger partial charge in [-0.25, -0.2) is 0 Å². The summed E-state index contributed by atoms with van der Waals surface area (Å²) in [5.41, 5.74) is 0. The summed E-state index contributed by atoms with van der Waals surface area (Å²) in [4.78, 5) is 0. The highest BCUT2D eigenvalue weighted by Gasteiger charge is 2.24. The molecule has 0 radical (unpaired) electrons. The van der Waals surface area contributed by atoms with E-state index in [2.05, 4.69) is 54.0 Å². The summed E-state index contributed by atoms with van der Waals surface area (Å²) in [5, 5.41) is 2.90. The Hall–Kier alpha value is 1.40. The van der Waals surface area contributed by atoms with E-state index in [1.165, 1.54) is 28.8 Å². The van der Waals surface area contributed by atoms with Crippen molar-refractivity contribution < 1.29 is 0 Å². The second kappa shape index (κ2) is 5.47. The highest BCUT2D eigenvalue weighted by atomic mass is 32.2. The maximum atomic E-state index is 2.38. The third kappa shape index (κ3) is 5.14. The fourth-order valence-electron chi connectivity index (χ4n) is 1.01. The van der Waals surface area contributed by atoms with E-state index in [0.717, 1.165) is 15.7 Å². The zero-order valence-corrected chi connectivity index (χ0v) is 11.2. The van der Waals surface area contributed by atoms with Gasteiger partial charge in [0.2, 0.25) is 0 Å². The van der Waals surface area contributed by atoms with Gasteiger partial charge >= 0.3 is 0 Å². The van der Waals surface area contributed by atoms with Crippen LogP contribution >= 0.6 is 47.0 Å². The van der Waals surface area contributed by atoms with Gasteiger partial charge < -0.3 is 0 Å². The van der Waals surface area contributed by atoms with Gasteiger partial charge in [0.1, 0.15) is 0 Å². The van der Waals surface area contributed by atoms with Crippen LogP contribution in [0.1, 0.15) is 6.92 Å². The van der Waals surface area contributed by atoms with Crippen LogP contribution < -0.4 is 0 Å². The first kappa shape index (κ1) is 10.9. The predicted octanol–water partition coefficient (Wildman–Crippen LogP) is 3.07. The summed E-state index contributed by atoms with van der Waals surface area (Å²) in [7, 11) is 0. The maximum Gasteiger partial charge on any atom is 0.0229 e. The van der Waals surface area contributed by atoms with E-state index in [1.807, 2.05) is 0 Å². The van der Waals surface area contributed by atoms with Crippen LogP contribution in [0.4, 0.5) is 0 Å².